The van der Waals surface area contributed by atoms with Gasteiger partial charge < -0.3 is 11.1 Å². The highest BCUT2D eigenvalue weighted by Crippen LogP contribution is 2.25. The maximum atomic E-state index is 13.2. The van der Waals surface area contributed by atoms with E-state index < -0.39 is 5.82 Å². The standard InChI is InChI=1S/C14H18BrFN2O/c15-12-5-4-10(16)8-11(12)13(19)18-9-14(17)6-2-1-3-7-14/h4-5,8H,1-3,6-7,9,17H2,(H,18,19). The topological polar surface area (TPSA) is 55.1 Å². The van der Waals surface area contributed by atoms with Crippen LogP contribution < -0.4 is 11.1 Å². The van der Waals surface area contributed by atoms with Crippen molar-refractivity contribution in [2.75, 3.05) is 6.54 Å². The summed E-state index contributed by atoms with van der Waals surface area (Å²) in [5, 5.41) is 2.82. The predicted molar refractivity (Wildman–Crippen MR) is 76.4 cm³/mol. The molecule has 1 aliphatic rings. The van der Waals surface area contributed by atoms with E-state index in [1.807, 2.05) is 0 Å². The lowest BCUT2D eigenvalue weighted by Crippen LogP contribution is -2.51. The molecule has 0 saturated heterocycles. The van der Waals surface area contributed by atoms with Gasteiger partial charge in [0.25, 0.3) is 5.91 Å². The quantitative estimate of drug-likeness (QED) is 0.896. The highest BCUT2D eigenvalue weighted by Gasteiger charge is 2.28. The average molecular weight is 329 g/mol. The summed E-state index contributed by atoms with van der Waals surface area (Å²) in [6.45, 7) is 0.439. The summed E-state index contributed by atoms with van der Waals surface area (Å²) in [5.74, 6) is -0.713. The lowest BCUT2D eigenvalue weighted by Gasteiger charge is -2.33. The zero-order chi connectivity index (χ0) is 13.9. The smallest absolute Gasteiger partial charge is 0.252 e. The Kier molecular flexibility index (Phi) is 4.58. The minimum absolute atomic E-state index is 0.290. The van der Waals surface area contributed by atoms with E-state index in [4.69, 9.17) is 5.73 Å². The van der Waals surface area contributed by atoms with Gasteiger partial charge in [-0.2, -0.15) is 0 Å². The third kappa shape index (κ3) is 3.76. The van der Waals surface area contributed by atoms with Crippen LogP contribution >= 0.6 is 15.9 Å². The molecule has 0 bridgehead atoms. The van der Waals surface area contributed by atoms with Crippen LogP contribution in [-0.2, 0) is 0 Å². The molecular formula is C14H18BrFN2O. The summed E-state index contributed by atoms with van der Waals surface area (Å²) in [6, 6.07) is 4.07. The molecular weight excluding hydrogens is 311 g/mol. The number of benzene rings is 1. The van der Waals surface area contributed by atoms with Gasteiger partial charge >= 0.3 is 0 Å². The fourth-order valence-electron chi connectivity index (χ4n) is 2.46. The molecule has 0 aliphatic heterocycles. The number of nitrogens with two attached hydrogens (primary N) is 1. The van der Waals surface area contributed by atoms with Crippen LogP contribution in [0.4, 0.5) is 4.39 Å². The van der Waals surface area contributed by atoms with Crippen LogP contribution in [0.3, 0.4) is 0 Å². The monoisotopic (exact) mass is 328 g/mol. The summed E-state index contributed by atoms with van der Waals surface area (Å²) in [7, 11) is 0. The molecule has 2 rings (SSSR count). The summed E-state index contributed by atoms with van der Waals surface area (Å²) in [5.41, 5.74) is 6.25. The van der Waals surface area contributed by atoms with Gasteiger partial charge in [-0.25, -0.2) is 4.39 Å². The third-order valence-corrected chi connectivity index (χ3v) is 4.31. The lowest BCUT2D eigenvalue weighted by molar-refractivity contribution is 0.0936. The molecule has 0 radical (unpaired) electrons. The Morgan fingerprint density at radius 2 is 2.05 bits per heavy atom. The fourth-order valence-corrected chi connectivity index (χ4v) is 2.88. The second kappa shape index (κ2) is 6.01. The van der Waals surface area contributed by atoms with Crippen LogP contribution in [0.25, 0.3) is 0 Å². The molecule has 0 unspecified atom stereocenters. The number of nitrogens with one attached hydrogen (secondary N) is 1. The Morgan fingerprint density at radius 3 is 2.74 bits per heavy atom. The van der Waals surface area contributed by atoms with Crippen LogP contribution in [0.1, 0.15) is 42.5 Å². The first-order valence-corrected chi connectivity index (χ1v) is 7.32. The zero-order valence-electron chi connectivity index (χ0n) is 10.7. The van der Waals surface area contributed by atoms with Crippen molar-refractivity contribution in [3.05, 3.63) is 34.1 Å². The first-order valence-electron chi connectivity index (χ1n) is 6.52. The van der Waals surface area contributed by atoms with Crippen molar-refractivity contribution >= 4 is 21.8 Å². The molecule has 1 fully saturated rings. The molecule has 3 nitrogen and oxygen atoms in total. The number of amides is 1. The van der Waals surface area contributed by atoms with E-state index in [-0.39, 0.29) is 11.4 Å². The predicted octanol–water partition coefficient (Wildman–Crippen LogP) is 2.98. The van der Waals surface area contributed by atoms with Gasteiger partial charge in [-0.15, -0.1) is 0 Å². The SMILES string of the molecule is NC1(CNC(=O)c2cc(F)ccc2Br)CCCCC1. The number of carbonyl (C=O) groups excluding carboxylic acids is 1. The molecule has 19 heavy (non-hydrogen) atoms. The summed E-state index contributed by atoms with van der Waals surface area (Å²) in [4.78, 5) is 12.0. The van der Waals surface area contributed by atoms with Crippen LogP contribution in [-0.4, -0.2) is 18.0 Å². The van der Waals surface area contributed by atoms with Crippen molar-refractivity contribution in [2.45, 2.75) is 37.6 Å². The number of rotatable bonds is 3. The van der Waals surface area contributed by atoms with E-state index in [0.717, 1.165) is 25.7 Å². The van der Waals surface area contributed by atoms with Crippen molar-refractivity contribution in [2.24, 2.45) is 5.73 Å². The Labute approximate surface area is 120 Å². The highest BCUT2D eigenvalue weighted by atomic mass is 79.9. The molecule has 0 spiro atoms. The average Bonchev–Trinajstić information content (AvgIpc) is 2.40. The summed E-state index contributed by atoms with van der Waals surface area (Å²) < 4.78 is 13.7. The van der Waals surface area contributed by atoms with Crippen molar-refractivity contribution in [3.8, 4) is 0 Å². The first-order chi connectivity index (χ1) is 9.00. The highest BCUT2D eigenvalue weighted by molar-refractivity contribution is 9.10. The molecule has 5 heteroatoms. The maximum Gasteiger partial charge on any atom is 0.252 e. The molecule has 104 valence electrons. The van der Waals surface area contributed by atoms with Crippen molar-refractivity contribution in [1.29, 1.82) is 0 Å². The fraction of sp³-hybridized carbons (Fsp3) is 0.500. The first kappa shape index (κ1) is 14.5. The number of halogens is 2. The summed E-state index contributed by atoms with van der Waals surface area (Å²) >= 11 is 3.25. The molecule has 1 saturated carbocycles. The van der Waals surface area contributed by atoms with Gasteiger partial charge in [0.1, 0.15) is 5.82 Å². The lowest BCUT2D eigenvalue weighted by atomic mass is 9.82. The van der Waals surface area contributed by atoms with Crippen LogP contribution in [0.5, 0.6) is 0 Å². The second-order valence-electron chi connectivity index (χ2n) is 5.23. The van der Waals surface area contributed by atoms with Gasteiger partial charge in [0.05, 0.1) is 5.56 Å². The van der Waals surface area contributed by atoms with E-state index in [0.29, 0.717) is 16.6 Å². The molecule has 1 amide bonds. The summed E-state index contributed by atoms with van der Waals surface area (Å²) in [6.07, 6.45) is 5.28. The Bertz CT molecular complexity index is 473. The van der Waals surface area contributed by atoms with Gasteiger partial charge in [-0.1, -0.05) is 19.3 Å². The second-order valence-corrected chi connectivity index (χ2v) is 6.08. The van der Waals surface area contributed by atoms with Crippen LogP contribution in [0, 0.1) is 5.82 Å². The number of carbonyl (C=O) groups is 1. The van der Waals surface area contributed by atoms with Crippen molar-refractivity contribution in [3.63, 3.8) is 0 Å². The maximum absolute atomic E-state index is 13.2. The van der Waals surface area contributed by atoms with Gasteiger partial charge in [0.15, 0.2) is 0 Å². The number of hydrogen-bond donors (Lipinski definition) is 2. The van der Waals surface area contributed by atoms with E-state index >= 15 is 0 Å². The molecule has 1 aromatic rings. The van der Waals surface area contributed by atoms with Gasteiger partial charge in [-0.05, 0) is 47.0 Å². The van der Waals surface area contributed by atoms with Crippen molar-refractivity contribution in [1.82, 2.24) is 5.32 Å². The molecule has 1 aliphatic carbocycles. The van der Waals surface area contributed by atoms with Gasteiger partial charge in [0, 0.05) is 16.6 Å². The van der Waals surface area contributed by atoms with Gasteiger partial charge in [-0.3, -0.25) is 4.79 Å². The normalized spacial score (nSPS) is 18.1. The minimum atomic E-state index is -0.423. The molecule has 0 heterocycles. The number of hydrogen-bond acceptors (Lipinski definition) is 2. The molecule has 0 atom stereocenters. The van der Waals surface area contributed by atoms with Crippen LogP contribution in [0.2, 0.25) is 0 Å². The molecule has 3 N–H and O–H groups in total. The van der Waals surface area contributed by atoms with E-state index in [1.165, 1.54) is 24.6 Å². The van der Waals surface area contributed by atoms with Gasteiger partial charge in [0.2, 0.25) is 0 Å². The van der Waals surface area contributed by atoms with Crippen molar-refractivity contribution < 1.29 is 9.18 Å². The third-order valence-electron chi connectivity index (χ3n) is 3.62. The molecule has 0 aromatic heterocycles. The Morgan fingerprint density at radius 1 is 1.37 bits per heavy atom. The van der Waals surface area contributed by atoms with E-state index in [2.05, 4.69) is 21.2 Å². The van der Waals surface area contributed by atoms with E-state index in [9.17, 15) is 9.18 Å². The van der Waals surface area contributed by atoms with Crippen LogP contribution in [0.15, 0.2) is 22.7 Å². The Balaban J connectivity index is 1.99. The Hall–Kier alpha value is -0.940. The zero-order valence-corrected chi connectivity index (χ0v) is 12.3. The minimum Gasteiger partial charge on any atom is -0.350 e. The largest absolute Gasteiger partial charge is 0.350 e. The molecule has 1 aromatic carbocycles. The van der Waals surface area contributed by atoms with E-state index in [1.54, 1.807) is 0 Å².